The standard InChI is InChI=1S/C32H28F3O4S/c1-20-17-24(40-27-11-7-5-9-25(27)38-26-10-6-8-12-28(26)40)18-21(2)30(20)37-19-29(36)39-31(3,4)22-13-15-23(16-14-22)32(33,34)35/h5-18H,19H2,1-4H3/q+1. The first-order valence-corrected chi connectivity index (χ1v) is 13.9. The van der Waals surface area contributed by atoms with E-state index in [0.29, 0.717) is 11.3 Å². The molecule has 1 heterocycles. The Labute approximate surface area is 234 Å². The molecule has 0 aromatic heterocycles. The van der Waals surface area contributed by atoms with Gasteiger partial charge in [-0.1, -0.05) is 36.4 Å². The molecule has 1 aliphatic rings. The molecule has 0 N–H and O–H groups in total. The number of ether oxygens (including phenoxy) is 3. The molecule has 0 spiro atoms. The molecule has 8 heteroatoms. The van der Waals surface area contributed by atoms with E-state index in [0.717, 1.165) is 49.4 Å². The van der Waals surface area contributed by atoms with Gasteiger partial charge in [0.25, 0.3) is 0 Å². The van der Waals surface area contributed by atoms with Gasteiger partial charge in [0.2, 0.25) is 9.79 Å². The molecule has 0 amide bonds. The van der Waals surface area contributed by atoms with Crippen molar-refractivity contribution in [3.8, 4) is 17.2 Å². The summed E-state index contributed by atoms with van der Waals surface area (Å²) < 4.78 is 56.4. The summed E-state index contributed by atoms with van der Waals surface area (Å²) in [6, 6.07) is 24.8. The van der Waals surface area contributed by atoms with Crippen LogP contribution in [0.4, 0.5) is 13.2 Å². The lowest BCUT2D eigenvalue weighted by molar-refractivity contribution is -0.160. The molecular formula is C32H28F3O4S+. The molecule has 0 bridgehead atoms. The summed E-state index contributed by atoms with van der Waals surface area (Å²) in [6.45, 7) is 6.79. The van der Waals surface area contributed by atoms with E-state index >= 15 is 0 Å². The highest BCUT2D eigenvalue weighted by atomic mass is 32.2. The van der Waals surface area contributed by atoms with Crippen LogP contribution in [0, 0.1) is 13.8 Å². The van der Waals surface area contributed by atoms with Gasteiger partial charge in [0, 0.05) is 12.1 Å². The SMILES string of the molecule is Cc1cc([S+]2c3ccccc3Oc3ccccc32)cc(C)c1OCC(=O)OC(C)(C)c1ccc(C(F)(F)F)cc1. The van der Waals surface area contributed by atoms with Crippen LogP contribution in [-0.4, -0.2) is 12.6 Å². The third-order valence-corrected chi connectivity index (χ3v) is 8.90. The molecule has 0 atom stereocenters. The number of alkyl halides is 3. The lowest BCUT2D eigenvalue weighted by Crippen LogP contribution is -2.29. The maximum Gasteiger partial charge on any atom is 0.416 e. The van der Waals surface area contributed by atoms with Crippen LogP contribution < -0.4 is 9.47 Å². The van der Waals surface area contributed by atoms with Crippen LogP contribution in [0.2, 0.25) is 0 Å². The normalized spacial score (nSPS) is 13.2. The second-order valence-electron chi connectivity index (χ2n) is 10.0. The van der Waals surface area contributed by atoms with Crippen LogP contribution in [0.3, 0.4) is 0 Å². The molecule has 0 fully saturated rings. The number of esters is 1. The number of fused-ring (bicyclic) bond motifs is 2. The van der Waals surface area contributed by atoms with Gasteiger partial charge in [0.1, 0.15) is 22.2 Å². The van der Waals surface area contributed by atoms with Crippen LogP contribution in [0.15, 0.2) is 99.6 Å². The molecule has 206 valence electrons. The fraction of sp³-hybridized carbons (Fsp3) is 0.219. The molecular weight excluding hydrogens is 537 g/mol. The number of aryl methyl sites for hydroxylation is 2. The average molecular weight is 566 g/mol. The molecule has 4 aromatic rings. The summed E-state index contributed by atoms with van der Waals surface area (Å²) in [7, 11) is -0.384. The molecule has 5 rings (SSSR count). The number of carbonyl (C=O) groups is 1. The summed E-state index contributed by atoms with van der Waals surface area (Å²) in [6.07, 6.45) is -4.43. The summed E-state index contributed by atoms with van der Waals surface area (Å²) in [5, 5.41) is 0. The molecule has 4 nitrogen and oxygen atoms in total. The quantitative estimate of drug-likeness (QED) is 0.153. The number of benzene rings is 4. The lowest BCUT2D eigenvalue weighted by atomic mass is 9.97. The van der Waals surface area contributed by atoms with E-state index in [4.69, 9.17) is 14.2 Å². The van der Waals surface area contributed by atoms with Gasteiger partial charge in [0.05, 0.1) is 5.56 Å². The van der Waals surface area contributed by atoms with Gasteiger partial charge >= 0.3 is 12.1 Å². The highest BCUT2D eigenvalue weighted by Gasteiger charge is 2.39. The summed E-state index contributed by atoms with van der Waals surface area (Å²) in [4.78, 5) is 16.0. The van der Waals surface area contributed by atoms with Crippen molar-refractivity contribution in [2.75, 3.05) is 6.61 Å². The van der Waals surface area contributed by atoms with Crippen molar-refractivity contribution in [1.29, 1.82) is 0 Å². The largest absolute Gasteiger partial charge is 0.481 e. The van der Waals surface area contributed by atoms with Crippen LogP contribution in [0.5, 0.6) is 17.2 Å². The predicted molar refractivity (Wildman–Crippen MR) is 147 cm³/mol. The van der Waals surface area contributed by atoms with Gasteiger partial charge < -0.3 is 14.2 Å². The zero-order valence-electron chi connectivity index (χ0n) is 22.5. The first-order chi connectivity index (χ1) is 18.9. The third-order valence-electron chi connectivity index (χ3n) is 6.64. The van der Waals surface area contributed by atoms with E-state index in [-0.39, 0.29) is 17.5 Å². The van der Waals surface area contributed by atoms with E-state index in [9.17, 15) is 18.0 Å². The fourth-order valence-electron chi connectivity index (χ4n) is 4.72. The molecule has 0 saturated carbocycles. The number of halogens is 3. The Balaban J connectivity index is 1.33. The Morgan fingerprint density at radius 2 is 1.30 bits per heavy atom. The highest BCUT2D eigenvalue weighted by molar-refractivity contribution is 7.97. The Hall–Kier alpha value is -3.91. The van der Waals surface area contributed by atoms with Crippen molar-refractivity contribution in [1.82, 2.24) is 0 Å². The summed E-state index contributed by atoms with van der Waals surface area (Å²) >= 11 is 0. The zero-order chi connectivity index (χ0) is 28.7. The summed E-state index contributed by atoms with van der Waals surface area (Å²) in [5.41, 5.74) is 0.300. The van der Waals surface area contributed by atoms with Crippen molar-refractivity contribution >= 4 is 16.9 Å². The Kier molecular flexibility index (Phi) is 7.31. The number of para-hydroxylation sites is 2. The predicted octanol–water partition coefficient (Wildman–Crippen LogP) is 8.38. The van der Waals surface area contributed by atoms with Gasteiger partial charge in [-0.2, -0.15) is 13.2 Å². The van der Waals surface area contributed by atoms with E-state index in [1.807, 2.05) is 50.2 Å². The van der Waals surface area contributed by atoms with E-state index < -0.39 is 23.3 Å². The fourth-order valence-corrected chi connectivity index (χ4v) is 7.10. The maximum atomic E-state index is 12.9. The van der Waals surface area contributed by atoms with Gasteiger partial charge in [-0.25, -0.2) is 4.79 Å². The Bertz CT molecular complexity index is 1490. The van der Waals surface area contributed by atoms with E-state index in [2.05, 4.69) is 24.3 Å². The number of carbonyl (C=O) groups excluding carboxylic acids is 1. The van der Waals surface area contributed by atoms with Crippen LogP contribution in [0.25, 0.3) is 0 Å². The number of hydrogen-bond acceptors (Lipinski definition) is 4. The molecule has 0 aliphatic carbocycles. The van der Waals surface area contributed by atoms with E-state index in [1.165, 1.54) is 12.1 Å². The highest BCUT2D eigenvalue weighted by Crippen LogP contribution is 2.47. The lowest BCUT2D eigenvalue weighted by Gasteiger charge is -2.26. The summed E-state index contributed by atoms with van der Waals surface area (Å²) in [5.74, 6) is 1.63. The molecule has 4 aromatic carbocycles. The van der Waals surface area contributed by atoms with Gasteiger partial charge in [-0.05, 0) is 80.8 Å². The maximum absolute atomic E-state index is 12.9. The zero-order valence-corrected chi connectivity index (χ0v) is 23.3. The van der Waals surface area contributed by atoms with Crippen molar-refractivity contribution < 1.29 is 32.2 Å². The molecule has 40 heavy (non-hydrogen) atoms. The first-order valence-electron chi connectivity index (χ1n) is 12.7. The van der Waals surface area contributed by atoms with Gasteiger partial charge in [0.15, 0.2) is 23.0 Å². The van der Waals surface area contributed by atoms with Crippen molar-refractivity contribution in [2.45, 2.75) is 54.2 Å². The van der Waals surface area contributed by atoms with Crippen molar-refractivity contribution in [3.05, 3.63) is 107 Å². The minimum absolute atomic E-state index is 0.337. The molecule has 0 unspecified atom stereocenters. The first kappa shape index (κ1) is 27.6. The average Bonchev–Trinajstić information content (AvgIpc) is 2.90. The van der Waals surface area contributed by atoms with Crippen LogP contribution >= 0.6 is 0 Å². The second-order valence-corrected chi connectivity index (χ2v) is 12.0. The van der Waals surface area contributed by atoms with Crippen molar-refractivity contribution in [3.63, 3.8) is 0 Å². The van der Waals surface area contributed by atoms with Crippen molar-refractivity contribution in [2.24, 2.45) is 0 Å². The minimum atomic E-state index is -4.43. The minimum Gasteiger partial charge on any atom is -0.481 e. The van der Waals surface area contributed by atoms with E-state index in [1.54, 1.807) is 13.8 Å². The molecule has 0 radical (unpaired) electrons. The Morgan fingerprint density at radius 1 is 0.800 bits per heavy atom. The monoisotopic (exact) mass is 565 g/mol. The van der Waals surface area contributed by atoms with Gasteiger partial charge in [-0.3, -0.25) is 0 Å². The van der Waals surface area contributed by atoms with Crippen LogP contribution in [-0.2, 0) is 32.2 Å². The Morgan fingerprint density at radius 3 is 1.82 bits per heavy atom. The number of rotatable bonds is 6. The second kappa shape index (κ2) is 10.6. The third kappa shape index (κ3) is 5.54. The molecule has 1 aliphatic heterocycles. The smallest absolute Gasteiger partial charge is 0.416 e. The number of hydrogen-bond donors (Lipinski definition) is 0. The molecule has 0 saturated heterocycles. The topological polar surface area (TPSA) is 44.8 Å². The van der Waals surface area contributed by atoms with Gasteiger partial charge in [-0.15, -0.1) is 0 Å². The van der Waals surface area contributed by atoms with Crippen LogP contribution in [0.1, 0.15) is 36.1 Å².